The Morgan fingerprint density at radius 3 is 2.54 bits per heavy atom. The van der Waals surface area contributed by atoms with Crippen LogP contribution in [0.5, 0.6) is 0 Å². The number of thioether (sulfide) groups is 1. The van der Waals surface area contributed by atoms with E-state index >= 15 is 0 Å². The van der Waals surface area contributed by atoms with Crippen LogP contribution < -0.4 is 16.6 Å². The van der Waals surface area contributed by atoms with Crippen LogP contribution in [0.3, 0.4) is 0 Å². The zero-order chi connectivity index (χ0) is 17.4. The lowest BCUT2D eigenvalue weighted by atomic mass is 10.2. The van der Waals surface area contributed by atoms with Crippen LogP contribution in [0.4, 0.5) is 5.82 Å². The van der Waals surface area contributed by atoms with Gasteiger partial charge in [0.05, 0.1) is 6.54 Å². The lowest BCUT2D eigenvalue weighted by molar-refractivity contribution is -0.138. The molecule has 1 unspecified atom stereocenters. The normalized spacial score (nSPS) is 16.4. The molecule has 24 heavy (non-hydrogen) atoms. The molecule has 1 aliphatic rings. The van der Waals surface area contributed by atoms with E-state index in [4.69, 9.17) is 5.11 Å². The second-order valence-corrected chi connectivity index (χ2v) is 6.34. The molecule has 0 saturated carbocycles. The lowest BCUT2D eigenvalue weighted by Gasteiger charge is -2.23. The van der Waals surface area contributed by atoms with E-state index in [0.717, 1.165) is 14.7 Å². The van der Waals surface area contributed by atoms with Crippen molar-refractivity contribution in [2.45, 2.75) is 16.7 Å². The molecule has 1 aliphatic heterocycles. The molecule has 1 aromatic heterocycles. The van der Waals surface area contributed by atoms with Gasteiger partial charge in [-0.1, -0.05) is 42.1 Å². The van der Waals surface area contributed by atoms with Gasteiger partial charge in [-0.15, -0.1) is 0 Å². The Hall–Kier alpha value is -2.81. The first-order valence-corrected chi connectivity index (χ1v) is 7.86. The molecule has 2 heterocycles. The predicted octanol–water partition coefficient (Wildman–Crippen LogP) is 0.0927. The van der Waals surface area contributed by atoms with Crippen molar-refractivity contribution in [2.24, 2.45) is 7.05 Å². The van der Waals surface area contributed by atoms with Gasteiger partial charge in [-0.05, 0) is 5.56 Å². The van der Waals surface area contributed by atoms with Crippen LogP contribution in [0.2, 0.25) is 0 Å². The fraction of sp³-hybridized carbons (Fsp3) is 0.200. The minimum absolute atomic E-state index is 0.0295. The standard InChI is InChI=1S/C15H13N3O5S/c1-17-11-9(24-10(14(21)22)12(19)16-11)13(20)18(15(17)23)7-8-5-3-2-4-6-8/h2-6,10H,7H2,1H3,(H,16,19)(H,21,22). The molecule has 0 fully saturated rings. The Bertz CT molecular complexity index is 948. The highest BCUT2D eigenvalue weighted by atomic mass is 32.2. The van der Waals surface area contributed by atoms with Gasteiger partial charge in [0, 0.05) is 7.05 Å². The number of hydrogen-bond donors (Lipinski definition) is 2. The fourth-order valence-electron chi connectivity index (χ4n) is 2.41. The van der Waals surface area contributed by atoms with Crippen LogP contribution in [0.15, 0.2) is 44.8 Å². The summed E-state index contributed by atoms with van der Waals surface area (Å²) in [6.07, 6.45) is 0. The summed E-state index contributed by atoms with van der Waals surface area (Å²) in [4.78, 5) is 48.1. The average molecular weight is 347 g/mol. The number of hydrogen-bond acceptors (Lipinski definition) is 5. The second kappa shape index (κ2) is 6.00. The number of aliphatic carboxylic acids is 1. The zero-order valence-corrected chi connectivity index (χ0v) is 13.4. The van der Waals surface area contributed by atoms with Crippen molar-refractivity contribution in [1.82, 2.24) is 9.13 Å². The first-order chi connectivity index (χ1) is 11.4. The fourth-order valence-corrected chi connectivity index (χ4v) is 3.42. The smallest absolute Gasteiger partial charge is 0.332 e. The number of amides is 1. The summed E-state index contributed by atoms with van der Waals surface area (Å²) in [6, 6.07) is 8.96. The molecule has 2 N–H and O–H groups in total. The minimum Gasteiger partial charge on any atom is -0.480 e. The largest absolute Gasteiger partial charge is 0.480 e. The van der Waals surface area contributed by atoms with Gasteiger partial charge in [-0.3, -0.25) is 23.5 Å². The number of carbonyl (C=O) groups excluding carboxylic acids is 1. The topological polar surface area (TPSA) is 110 Å². The molecule has 9 heteroatoms. The van der Waals surface area contributed by atoms with E-state index in [1.165, 1.54) is 7.05 Å². The third-order valence-corrected chi connectivity index (χ3v) is 4.89. The number of nitrogens with one attached hydrogen (secondary N) is 1. The molecule has 0 spiro atoms. The number of nitrogens with zero attached hydrogens (tertiary/aromatic N) is 2. The number of aromatic nitrogens is 2. The van der Waals surface area contributed by atoms with E-state index in [-0.39, 0.29) is 17.3 Å². The van der Waals surface area contributed by atoms with Crippen molar-refractivity contribution in [2.75, 3.05) is 5.32 Å². The summed E-state index contributed by atoms with van der Waals surface area (Å²) in [6.45, 7) is 0.0614. The van der Waals surface area contributed by atoms with Crippen molar-refractivity contribution in [1.29, 1.82) is 0 Å². The van der Waals surface area contributed by atoms with Gasteiger partial charge >= 0.3 is 11.7 Å². The van der Waals surface area contributed by atoms with E-state index in [2.05, 4.69) is 5.32 Å². The number of rotatable bonds is 3. The Morgan fingerprint density at radius 2 is 1.92 bits per heavy atom. The zero-order valence-electron chi connectivity index (χ0n) is 12.6. The summed E-state index contributed by atoms with van der Waals surface area (Å²) >= 11 is 0.643. The summed E-state index contributed by atoms with van der Waals surface area (Å²) in [5.41, 5.74) is -0.443. The van der Waals surface area contributed by atoms with Crippen LogP contribution in [0, 0.1) is 0 Å². The van der Waals surface area contributed by atoms with Crippen molar-refractivity contribution in [3.8, 4) is 0 Å². The number of anilines is 1. The maximum atomic E-state index is 12.7. The molecule has 0 aliphatic carbocycles. The van der Waals surface area contributed by atoms with Gasteiger partial charge in [0.15, 0.2) is 5.25 Å². The van der Waals surface area contributed by atoms with Crippen LogP contribution in [-0.4, -0.2) is 31.4 Å². The molecule has 1 aromatic carbocycles. The van der Waals surface area contributed by atoms with Crippen LogP contribution in [0.1, 0.15) is 5.56 Å². The van der Waals surface area contributed by atoms with Crippen LogP contribution >= 0.6 is 11.8 Å². The Kier molecular flexibility index (Phi) is 4.02. The van der Waals surface area contributed by atoms with Crippen molar-refractivity contribution in [3.63, 3.8) is 0 Å². The van der Waals surface area contributed by atoms with E-state index in [0.29, 0.717) is 11.8 Å². The summed E-state index contributed by atoms with van der Waals surface area (Å²) in [7, 11) is 1.42. The predicted molar refractivity (Wildman–Crippen MR) is 87.4 cm³/mol. The quantitative estimate of drug-likeness (QED) is 0.762. The first kappa shape index (κ1) is 16.1. The molecule has 124 valence electrons. The van der Waals surface area contributed by atoms with E-state index in [9.17, 15) is 19.2 Å². The molecule has 3 rings (SSSR count). The third kappa shape index (κ3) is 2.62. The van der Waals surface area contributed by atoms with Crippen molar-refractivity contribution in [3.05, 3.63) is 56.7 Å². The van der Waals surface area contributed by atoms with Gasteiger partial charge in [0.2, 0.25) is 5.91 Å². The minimum atomic E-state index is -1.42. The first-order valence-electron chi connectivity index (χ1n) is 6.98. The van der Waals surface area contributed by atoms with E-state index < -0.39 is 28.4 Å². The number of carboxylic acids is 1. The molecule has 0 saturated heterocycles. The van der Waals surface area contributed by atoms with Crippen molar-refractivity contribution >= 4 is 29.5 Å². The monoisotopic (exact) mass is 347 g/mol. The second-order valence-electron chi connectivity index (χ2n) is 5.22. The number of fused-ring (bicyclic) bond motifs is 1. The molecule has 8 nitrogen and oxygen atoms in total. The number of carbonyl (C=O) groups is 2. The maximum Gasteiger partial charge on any atom is 0.332 e. The molecule has 0 radical (unpaired) electrons. The molecule has 0 bridgehead atoms. The van der Waals surface area contributed by atoms with Crippen LogP contribution in [-0.2, 0) is 23.2 Å². The SMILES string of the molecule is Cn1c2c(c(=O)n(Cc3ccccc3)c1=O)SC(C(=O)O)C(=O)N2. The highest BCUT2D eigenvalue weighted by Gasteiger charge is 2.36. The maximum absolute atomic E-state index is 12.7. The summed E-state index contributed by atoms with van der Waals surface area (Å²) in [5.74, 6) is -2.08. The number of benzene rings is 1. The van der Waals surface area contributed by atoms with Crippen molar-refractivity contribution < 1.29 is 14.7 Å². The third-order valence-electron chi connectivity index (χ3n) is 3.63. The molecule has 1 atom stereocenters. The van der Waals surface area contributed by atoms with Crippen LogP contribution in [0.25, 0.3) is 0 Å². The number of carboxylic acid groups (broad SMARTS) is 1. The Labute approximate surface area is 139 Å². The summed E-state index contributed by atoms with van der Waals surface area (Å²) in [5, 5.41) is 10.0. The average Bonchev–Trinajstić information content (AvgIpc) is 2.57. The molecule has 1 amide bonds. The summed E-state index contributed by atoms with van der Waals surface area (Å²) < 4.78 is 2.17. The van der Waals surface area contributed by atoms with E-state index in [1.807, 2.05) is 6.07 Å². The Balaban J connectivity index is 2.14. The molecular weight excluding hydrogens is 334 g/mol. The van der Waals surface area contributed by atoms with E-state index in [1.54, 1.807) is 24.3 Å². The molecular formula is C15H13N3O5S. The van der Waals surface area contributed by atoms with Gasteiger partial charge in [-0.25, -0.2) is 4.79 Å². The lowest BCUT2D eigenvalue weighted by Crippen LogP contribution is -2.46. The highest BCUT2D eigenvalue weighted by Crippen LogP contribution is 2.31. The van der Waals surface area contributed by atoms with Gasteiger partial charge in [-0.2, -0.15) is 0 Å². The van der Waals surface area contributed by atoms with Gasteiger partial charge in [0.25, 0.3) is 5.56 Å². The molecule has 2 aromatic rings. The Morgan fingerprint density at radius 1 is 1.25 bits per heavy atom. The van der Waals surface area contributed by atoms with Gasteiger partial charge in [0.1, 0.15) is 10.7 Å². The van der Waals surface area contributed by atoms with Gasteiger partial charge < -0.3 is 10.4 Å². The highest BCUT2D eigenvalue weighted by molar-refractivity contribution is 8.01.